The SMILES string of the molecule is COc1ccc(NC(=O)Oc2ccc(C(=O)CN)cc2)cc1. The Morgan fingerprint density at radius 1 is 1.00 bits per heavy atom. The minimum Gasteiger partial charge on any atom is -0.497 e. The van der Waals surface area contributed by atoms with Crippen LogP contribution < -0.4 is 20.5 Å². The monoisotopic (exact) mass is 300 g/mol. The number of ether oxygens (including phenoxy) is 2. The topological polar surface area (TPSA) is 90.6 Å². The molecule has 0 radical (unpaired) electrons. The Hall–Kier alpha value is -2.86. The molecule has 0 atom stereocenters. The maximum atomic E-state index is 11.8. The first-order valence-corrected chi connectivity index (χ1v) is 6.58. The number of hydrogen-bond donors (Lipinski definition) is 2. The van der Waals surface area contributed by atoms with E-state index in [1.165, 1.54) is 12.1 Å². The van der Waals surface area contributed by atoms with E-state index >= 15 is 0 Å². The van der Waals surface area contributed by atoms with E-state index in [0.717, 1.165) is 0 Å². The highest BCUT2D eigenvalue weighted by Crippen LogP contribution is 2.17. The predicted molar refractivity (Wildman–Crippen MR) is 82.5 cm³/mol. The lowest BCUT2D eigenvalue weighted by Gasteiger charge is -2.07. The largest absolute Gasteiger partial charge is 0.497 e. The Morgan fingerprint density at radius 2 is 1.59 bits per heavy atom. The van der Waals surface area contributed by atoms with E-state index in [4.69, 9.17) is 15.2 Å². The van der Waals surface area contributed by atoms with Crippen molar-refractivity contribution in [2.45, 2.75) is 0 Å². The van der Waals surface area contributed by atoms with E-state index in [1.54, 1.807) is 43.5 Å². The van der Waals surface area contributed by atoms with Gasteiger partial charge in [-0.05, 0) is 48.5 Å². The molecule has 3 N–H and O–H groups in total. The number of nitrogens with one attached hydrogen (secondary N) is 1. The number of benzene rings is 2. The summed E-state index contributed by atoms with van der Waals surface area (Å²) in [7, 11) is 1.57. The highest BCUT2D eigenvalue weighted by Gasteiger charge is 2.07. The summed E-state index contributed by atoms with van der Waals surface area (Å²) in [4.78, 5) is 23.1. The summed E-state index contributed by atoms with van der Waals surface area (Å²) in [5, 5.41) is 2.59. The van der Waals surface area contributed by atoms with E-state index in [-0.39, 0.29) is 12.3 Å². The van der Waals surface area contributed by atoms with E-state index < -0.39 is 6.09 Å². The number of carbonyl (C=O) groups excluding carboxylic acids is 2. The quantitative estimate of drug-likeness (QED) is 0.828. The molecule has 1 amide bonds. The zero-order chi connectivity index (χ0) is 15.9. The molecular weight excluding hydrogens is 284 g/mol. The van der Waals surface area contributed by atoms with Crippen LogP contribution >= 0.6 is 0 Å². The first-order chi connectivity index (χ1) is 10.6. The third-order valence-corrected chi connectivity index (χ3v) is 2.91. The van der Waals surface area contributed by atoms with Crippen LogP contribution in [0.4, 0.5) is 10.5 Å². The molecule has 6 heteroatoms. The van der Waals surface area contributed by atoms with Crippen LogP contribution in [0.5, 0.6) is 11.5 Å². The second-order valence-electron chi connectivity index (χ2n) is 4.39. The second kappa shape index (κ2) is 7.24. The molecule has 2 aromatic carbocycles. The van der Waals surface area contributed by atoms with Gasteiger partial charge in [-0.3, -0.25) is 10.1 Å². The van der Waals surface area contributed by atoms with Gasteiger partial charge in [-0.2, -0.15) is 0 Å². The first kappa shape index (κ1) is 15.5. The zero-order valence-electron chi connectivity index (χ0n) is 12.0. The van der Waals surface area contributed by atoms with E-state index in [9.17, 15) is 9.59 Å². The number of Topliss-reactive ketones (excluding diaryl/α,β-unsaturated/α-hetero) is 1. The van der Waals surface area contributed by atoms with Crippen molar-refractivity contribution in [2.24, 2.45) is 5.73 Å². The number of ketones is 1. The van der Waals surface area contributed by atoms with Crippen molar-refractivity contribution in [3.8, 4) is 11.5 Å². The van der Waals surface area contributed by atoms with E-state index in [0.29, 0.717) is 22.7 Å². The van der Waals surface area contributed by atoms with E-state index in [2.05, 4.69) is 5.32 Å². The third kappa shape index (κ3) is 4.07. The average molecular weight is 300 g/mol. The fourth-order valence-electron chi connectivity index (χ4n) is 1.75. The molecule has 0 aliphatic carbocycles. The van der Waals surface area contributed by atoms with Crippen LogP contribution in [0.1, 0.15) is 10.4 Å². The molecule has 6 nitrogen and oxygen atoms in total. The van der Waals surface area contributed by atoms with Crippen molar-refractivity contribution in [3.05, 3.63) is 54.1 Å². The Bertz CT molecular complexity index is 651. The number of methoxy groups -OCH3 is 1. The number of rotatable bonds is 5. The van der Waals surface area contributed by atoms with Gasteiger partial charge in [-0.15, -0.1) is 0 Å². The van der Waals surface area contributed by atoms with Crippen LogP contribution in [0.25, 0.3) is 0 Å². The molecule has 0 unspecified atom stereocenters. The van der Waals surface area contributed by atoms with Crippen molar-refractivity contribution in [2.75, 3.05) is 19.0 Å². The van der Waals surface area contributed by atoms with Gasteiger partial charge >= 0.3 is 6.09 Å². The van der Waals surface area contributed by atoms with Crippen molar-refractivity contribution in [3.63, 3.8) is 0 Å². The van der Waals surface area contributed by atoms with Crippen LogP contribution in [-0.4, -0.2) is 25.5 Å². The van der Waals surface area contributed by atoms with Gasteiger partial charge in [-0.25, -0.2) is 4.79 Å². The van der Waals surface area contributed by atoms with Crippen molar-refractivity contribution >= 4 is 17.6 Å². The fraction of sp³-hybridized carbons (Fsp3) is 0.125. The molecule has 2 aromatic rings. The number of nitrogens with two attached hydrogens (primary N) is 1. The van der Waals surface area contributed by atoms with Crippen LogP contribution in [0.3, 0.4) is 0 Å². The van der Waals surface area contributed by atoms with Crippen LogP contribution in [0.2, 0.25) is 0 Å². The van der Waals surface area contributed by atoms with Gasteiger partial charge in [0.05, 0.1) is 13.7 Å². The maximum Gasteiger partial charge on any atom is 0.417 e. The van der Waals surface area contributed by atoms with E-state index in [1.807, 2.05) is 0 Å². The lowest BCUT2D eigenvalue weighted by atomic mass is 10.1. The molecule has 0 saturated carbocycles. The zero-order valence-corrected chi connectivity index (χ0v) is 12.0. The number of carbonyl (C=O) groups is 2. The molecule has 0 heterocycles. The highest BCUT2D eigenvalue weighted by molar-refractivity contribution is 5.97. The van der Waals surface area contributed by atoms with Crippen LogP contribution in [0.15, 0.2) is 48.5 Å². The number of amides is 1. The average Bonchev–Trinajstić information content (AvgIpc) is 2.55. The summed E-state index contributed by atoms with van der Waals surface area (Å²) >= 11 is 0. The standard InChI is InChI=1S/C16H16N2O4/c1-21-13-8-4-12(5-9-13)18-16(20)22-14-6-2-11(3-7-14)15(19)10-17/h2-9H,10,17H2,1H3,(H,18,20). The van der Waals surface area contributed by atoms with Crippen LogP contribution in [0, 0.1) is 0 Å². The predicted octanol–water partition coefficient (Wildman–Crippen LogP) is 2.45. The molecule has 0 bridgehead atoms. The van der Waals surface area contributed by atoms with Crippen molar-refractivity contribution in [1.82, 2.24) is 0 Å². The van der Waals surface area contributed by atoms with Gasteiger partial charge in [0.25, 0.3) is 0 Å². The molecule has 0 aliphatic heterocycles. The summed E-state index contributed by atoms with van der Waals surface area (Å²) < 4.78 is 10.1. The maximum absolute atomic E-state index is 11.8. The summed E-state index contributed by atoms with van der Waals surface area (Å²) in [5.41, 5.74) is 6.34. The molecule has 0 aliphatic rings. The van der Waals surface area contributed by atoms with Gasteiger partial charge in [0.1, 0.15) is 11.5 Å². The first-order valence-electron chi connectivity index (χ1n) is 6.58. The highest BCUT2D eigenvalue weighted by atomic mass is 16.6. The van der Waals surface area contributed by atoms with Gasteiger partial charge in [-0.1, -0.05) is 0 Å². The molecule has 0 fully saturated rings. The summed E-state index contributed by atoms with van der Waals surface area (Å²) in [5.74, 6) is 0.855. The Balaban J connectivity index is 1.94. The Morgan fingerprint density at radius 3 is 2.14 bits per heavy atom. The molecule has 0 spiro atoms. The Labute approximate surface area is 127 Å². The van der Waals surface area contributed by atoms with Gasteiger partial charge in [0.15, 0.2) is 5.78 Å². The van der Waals surface area contributed by atoms with Crippen LogP contribution in [-0.2, 0) is 0 Å². The fourth-order valence-corrected chi connectivity index (χ4v) is 1.75. The molecule has 0 saturated heterocycles. The number of hydrogen-bond acceptors (Lipinski definition) is 5. The normalized spacial score (nSPS) is 9.91. The lowest BCUT2D eigenvalue weighted by Crippen LogP contribution is -2.17. The third-order valence-electron chi connectivity index (χ3n) is 2.91. The Kier molecular flexibility index (Phi) is 5.11. The summed E-state index contributed by atoms with van der Waals surface area (Å²) in [6, 6.07) is 13.0. The van der Waals surface area contributed by atoms with Crippen molar-refractivity contribution in [1.29, 1.82) is 0 Å². The van der Waals surface area contributed by atoms with Crippen molar-refractivity contribution < 1.29 is 19.1 Å². The molecule has 0 aromatic heterocycles. The molecule has 114 valence electrons. The molecular formula is C16H16N2O4. The van der Waals surface area contributed by atoms with Gasteiger partial charge < -0.3 is 15.2 Å². The minimum absolute atomic E-state index is 0.0574. The smallest absolute Gasteiger partial charge is 0.417 e. The summed E-state index contributed by atoms with van der Waals surface area (Å²) in [6.07, 6.45) is -0.622. The van der Waals surface area contributed by atoms with Gasteiger partial charge in [0.2, 0.25) is 0 Å². The minimum atomic E-state index is -0.622. The van der Waals surface area contributed by atoms with Gasteiger partial charge in [0, 0.05) is 11.3 Å². The summed E-state index contributed by atoms with van der Waals surface area (Å²) in [6.45, 7) is -0.0574. The second-order valence-corrected chi connectivity index (χ2v) is 4.39. The molecule has 22 heavy (non-hydrogen) atoms. The number of anilines is 1. The lowest BCUT2D eigenvalue weighted by molar-refractivity contribution is 0.100. The molecule has 2 rings (SSSR count).